The van der Waals surface area contributed by atoms with E-state index in [2.05, 4.69) is 5.32 Å². The first-order valence-corrected chi connectivity index (χ1v) is 5.19. The third kappa shape index (κ3) is 1.91. The molecule has 4 heteroatoms. The van der Waals surface area contributed by atoms with Gasteiger partial charge in [0.2, 0.25) is 5.91 Å². The number of amides is 1. The van der Waals surface area contributed by atoms with Crippen molar-refractivity contribution >= 4 is 5.91 Å². The van der Waals surface area contributed by atoms with E-state index in [-0.39, 0.29) is 17.4 Å². The molecule has 4 nitrogen and oxygen atoms in total. The summed E-state index contributed by atoms with van der Waals surface area (Å²) >= 11 is 0. The zero-order chi connectivity index (χ0) is 10.2. The highest BCUT2D eigenvalue weighted by Gasteiger charge is 2.45. The number of hydrogen-bond acceptors (Lipinski definition) is 3. The molecular formula is C10H17NO3. The molecule has 2 atom stereocenters. The second kappa shape index (κ2) is 3.51. The van der Waals surface area contributed by atoms with Crippen molar-refractivity contribution < 1.29 is 14.6 Å². The fraction of sp³-hybridized carbons (Fsp3) is 0.900. The van der Waals surface area contributed by atoms with Gasteiger partial charge in [0.25, 0.3) is 0 Å². The average molecular weight is 199 g/mol. The number of aliphatic hydroxyl groups excluding tert-OH is 1. The molecule has 1 saturated heterocycles. The highest BCUT2D eigenvalue weighted by atomic mass is 16.5. The maximum atomic E-state index is 11.7. The largest absolute Gasteiger partial charge is 0.389 e. The van der Waals surface area contributed by atoms with E-state index in [9.17, 15) is 9.90 Å². The van der Waals surface area contributed by atoms with Crippen molar-refractivity contribution in [1.29, 1.82) is 0 Å². The van der Waals surface area contributed by atoms with Crippen LogP contribution in [0.4, 0.5) is 0 Å². The Labute approximate surface area is 83.6 Å². The summed E-state index contributed by atoms with van der Waals surface area (Å²) in [5.74, 6) is 0.0865. The summed E-state index contributed by atoms with van der Waals surface area (Å²) in [5, 5.41) is 12.5. The van der Waals surface area contributed by atoms with Gasteiger partial charge in [0.1, 0.15) is 0 Å². The standard InChI is InChI=1S/C10H17NO3/c1-10(3-4-10)9(13)11-7-2-5-14-6-8(7)12/h7-8,12H,2-6H2,1H3,(H,11,13)/t7-,8-/m1/s1. The Kier molecular flexibility index (Phi) is 2.49. The van der Waals surface area contributed by atoms with E-state index in [1.807, 2.05) is 6.92 Å². The maximum Gasteiger partial charge on any atom is 0.226 e. The van der Waals surface area contributed by atoms with Crippen LogP contribution in [0.25, 0.3) is 0 Å². The molecule has 1 amide bonds. The summed E-state index contributed by atoms with van der Waals surface area (Å²) < 4.78 is 5.09. The number of nitrogens with one attached hydrogen (secondary N) is 1. The first kappa shape index (κ1) is 9.93. The summed E-state index contributed by atoms with van der Waals surface area (Å²) in [7, 11) is 0. The topological polar surface area (TPSA) is 58.6 Å². The summed E-state index contributed by atoms with van der Waals surface area (Å²) in [6.45, 7) is 2.93. The van der Waals surface area contributed by atoms with Crippen LogP contribution < -0.4 is 5.32 Å². The molecule has 2 fully saturated rings. The quantitative estimate of drug-likeness (QED) is 0.661. The first-order valence-electron chi connectivity index (χ1n) is 5.19. The van der Waals surface area contributed by atoms with Crippen LogP contribution in [0, 0.1) is 5.41 Å². The molecule has 2 aliphatic rings. The van der Waals surface area contributed by atoms with Gasteiger partial charge in [-0.3, -0.25) is 4.79 Å². The first-order chi connectivity index (χ1) is 6.62. The number of rotatable bonds is 2. The summed E-state index contributed by atoms with van der Waals surface area (Å²) in [4.78, 5) is 11.7. The van der Waals surface area contributed by atoms with Gasteiger partial charge in [-0.05, 0) is 19.3 Å². The lowest BCUT2D eigenvalue weighted by molar-refractivity contribution is -0.129. The van der Waals surface area contributed by atoms with Crippen molar-refractivity contribution in [3.63, 3.8) is 0 Å². The molecule has 0 aromatic carbocycles. The van der Waals surface area contributed by atoms with Gasteiger partial charge >= 0.3 is 0 Å². The molecule has 0 aromatic heterocycles. The summed E-state index contributed by atoms with van der Waals surface area (Å²) in [6.07, 6.45) is 2.11. The van der Waals surface area contributed by atoms with Crippen molar-refractivity contribution in [2.45, 2.75) is 38.3 Å². The predicted octanol–water partition coefficient (Wildman–Crippen LogP) is 0.0525. The van der Waals surface area contributed by atoms with Gasteiger partial charge in [-0.1, -0.05) is 6.92 Å². The molecule has 0 bridgehead atoms. The van der Waals surface area contributed by atoms with Crippen molar-refractivity contribution in [1.82, 2.24) is 5.32 Å². The van der Waals surface area contributed by atoms with Gasteiger partial charge in [0.05, 0.1) is 18.8 Å². The lowest BCUT2D eigenvalue weighted by atomic mass is 10.0. The third-order valence-electron chi connectivity index (χ3n) is 3.19. The minimum absolute atomic E-state index is 0.0865. The smallest absolute Gasteiger partial charge is 0.226 e. The second-order valence-corrected chi connectivity index (χ2v) is 4.57. The molecule has 1 saturated carbocycles. The lowest BCUT2D eigenvalue weighted by Gasteiger charge is -2.29. The van der Waals surface area contributed by atoms with E-state index in [4.69, 9.17) is 4.74 Å². The Morgan fingerprint density at radius 3 is 2.86 bits per heavy atom. The molecule has 0 unspecified atom stereocenters. The minimum Gasteiger partial charge on any atom is -0.389 e. The van der Waals surface area contributed by atoms with Crippen LogP contribution >= 0.6 is 0 Å². The fourth-order valence-electron chi connectivity index (χ4n) is 1.65. The molecule has 2 N–H and O–H groups in total. The fourth-order valence-corrected chi connectivity index (χ4v) is 1.65. The van der Waals surface area contributed by atoms with Gasteiger partial charge < -0.3 is 15.2 Å². The Bertz CT molecular complexity index is 238. The highest BCUT2D eigenvalue weighted by Crippen LogP contribution is 2.45. The molecule has 0 spiro atoms. The van der Waals surface area contributed by atoms with Crippen molar-refractivity contribution in [3.8, 4) is 0 Å². The molecule has 0 radical (unpaired) electrons. The van der Waals surface area contributed by atoms with Gasteiger partial charge in [0.15, 0.2) is 0 Å². The van der Waals surface area contributed by atoms with E-state index in [0.29, 0.717) is 19.6 Å². The van der Waals surface area contributed by atoms with E-state index in [0.717, 1.165) is 12.8 Å². The Hall–Kier alpha value is -0.610. The predicted molar refractivity (Wildman–Crippen MR) is 50.7 cm³/mol. The Morgan fingerprint density at radius 1 is 1.57 bits per heavy atom. The van der Waals surface area contributed by atoms with Crippen molar-refractivity contribution in [2.24, 2.45) is 5.41 Å². The number of ether oxygens (including phenoxy) is 1. The van der Waals surface area contributed by atoms with E-state index in [1.165, 1.54) is 0 Å². The third-order valence-corrected chi connectivity index (χ3v) is 3.19. The SMILES string of the molecule is CC1(C(=O)N[C@@H]2CCOC[C@H]2O)CC1. The van der Waals surface area contributed by atoms with Crippen LogP contribution in [-0.4, -0.2) is 36.4 Å². The van der Waals surface area contributed by atoms with E-state index >= 15 is 0 Å². The van der Waals surface area contributed by atoms with Gasteiger partial charge in [0, 0.05) is 12.0 Å². The Morgan fingerprint density at radius 2 is 2.29 bits per heavy atom. The number of carbonyl (C=O) groups is 1. The maximum absolute atomic E-state index is 11.7. The molecule has 80 valence electrons. The van der Waals surface area contributed by atoms with Crippen molar-refractivity contribution in [3.05, 3.63) is 0 Å². The zero-order valence-corrected chi connectivity index (χ0v) is 8.45. The molecule has 1 aliphatic heterocycles. The van der Waals surface area contributed by atoms with E-state index < -0.39 is 6.10 Å². The number of hydrogen-bond donors (Lipinski definition) is 2. The summed E-state index contributed by atoms with van der Waals surface area (Å²) in [5.41, 5.74) is -0.155. The van der Waals surface area contributed by atoms with Gasteiger partial charge in [-0.25, -0.2) is 0 Å². The minimum atomic E-state index is -0.546. The molecule has 1 aliphatic carbocycles. The number of carbonyl (C=O) groups excluding carboxylic acids is 1. The van der Waals surface area contributed by atoms with Crippen LogP contribution in [0.15, 0.2) is 0 Å². The van der Waals surface area contributed by atoms with E-state index in [1.54, 1.807) is 0 Å². The average Bonchev–Trinajstić information content (AvgIpc) is 2.89. The van der Waals surface area contributed by atoms with Gasteiger partial charge in [-0.15, -0.1) is 0 Å². The lowest BCUT2D eigenvalue weighted by Crippen LogP contribution is -2.50. The second-order valence-electron chi connectivity index (χ2n) is 4.57. The van der Waals surface area contributed by atoms with Crippen LogP contribution in [-0.2, 0) is 9.53 Å². The van der Waals surface area contributed by atoms with Crippen LogP contribution in [0.2, 0.25) is 0 Å². The molecule has 2 rings (SSSR count). The molecule has 1 heterocycles. The van der Waals surface area contributed by atoms with Crippen LogP contribution in [0.5, 0.6) is 0 Å². The van der Waals surface area contributed by atoms with Crippen molar-refractivity contribution in [2.75, 3.05) is 13.2 Å². The van der Waals surface area contributed by atoms with Crippen LogP contribution in [0.1, 0.15) is 26.2 Å². The Balaban J connectivity index is 1.86. The monoisotopic (exact) mass is 199 g/mol. The normalized spacial score (nSPS) is 35.0. The molecular weight excluding hydrogens is 182 g/mol. The molecule has 0 aromatic rings. The highest BCUT2D eigenvalue weighted by molar-refractivity contribution is 5.85. The zero-order valence-electron chi connectivity index (χ0n) is 8.45. The summed E-state index contributed by atoms with van der Waals surface area (Å²) in [6, 6.07) is -0.117. The van der Waals surface area contributed by atoms with Crippen LogP contribution in [0.3, 0.4) is 0 Å². The molecule has 14 heavy (non-hydrogen) atoms. The van der Waals surface area contributed by atoms with Gasteiger partial charge in [-0.2, -0.15) is 0 Å². The number of aliphatic hydroxyl groups is 1.